The van der Waals surface area contributed by atoms with E-state index in [1.54, 1.807) is 11.1 Å². The summed E-state index contributed by atoms with van der Waals surface area (Å²) in [5, 5.41) is 10.0. The van der Waals surface area contributed by atoms with Gasteiger partial charge in [0.25, 0.3) is 5.91 Å². The van der Waals surface area contributed by atoms with Crippen LogP contribution in [-0.2, 0) is 11.2 Å². The van der Waals surface area contributed by atoms with Crippen molar-refractivity contribution in [3.8, 4) is 0 Å². The predicted molar refractivity (Wildman–Crippen MR) is 72.4 cm³/mol. The fourth-order valence-corrected chi connectivity index (χ4v) is 3.24. The lowest BCUT2D eigenvalue weighted by atomic mass is 9.98. The van der Waals surface area contributed by atoms with Crippen molar-refractivity contribution in [2.24, 2.45) is 5.92 Å². The molecule has 19 heavy (non-hydrogen) atoms. The van der Waals surface area contributed by atoms with Gasteiger partial charge in [0.15, 0.2) is 0 Å². The molecule has 1 aliphatic heterocycles. The number of carbonyl (C=O) groups excluding carboxylic acids is 1. The van der Waals surface area contributed by atoms with Crippen LogP contribution in [0.3, 0.4) is 0 Å². The Morgan fingerprint density at radius 3 is 3.05 bits per heavy atom. The lowest BCUT2D eigenvalue weighted by molar-refractivity contribution is -0.143. The molecule has 0 saturated carbocycles. The van der Waals surface area contributed by atoms with Gasteiger partial charge in [-0.15, -0.1) is 11.3 Å². The number of likely N-dealkylation sites (tertiary alicyclic amines) is 1. The van der Waals surface area contributed by atoms with Crippen molar-refractivity contribution in [3.05, 3.63) is 16.1 Å². The Balaban J connectivity index is 2.03. The molecule has 104 valence electrons. The molecule has 2 rings (SSSR count). The van der Waals surface area contributed by atoms with Gasteiger partial charge < -0.3 is 10.0 Å². The Morgan fingerprint density at radius 2 is 2.37 bits per heavy atom. The van der Waals surface area contributed by atoms with E-state index >= 15 is 0 Å². The standard InChI is InChI=1S/C13H18N2O3S/c1-2-4-11-14-7-10(19-11)12(16)15-6-3-5-9(8-15)13(17)18/h7,9H,2-6,8H2,1H3,(H,17,18). The first-order valence-electron chi connectivity index (χ1n) is 6.58. The van der Waals surface area contributed by atoms with Crippen LogP contribution in [0.4, 0.5) is 0 Å². The third-order valence-corrected chi connectivity index (χ3v) is 4.33. The number of nitrogens with zero attached hydrogens (tertiary/aromatic N) is 2. The van der Waals surface area contributed by atoms with Gasteiger partial charge in [0, 0.05) is 13.1 Å². The molecular weight excluding hydrogens is 264 g/mol. The topological polar surface area (TPSA) is 70.5 Å². The molecule has 1 aliphatic rings. The highest BCUT2D eigenvalue weighted by Gasteiger charge is 2.29. The zero-order chi connectivity index (χ0) is 13.8. The summed E-state index contributed by atoms with van der Waals surface area (Å²) in [7, 11) is 0. The fourth-order valence-electron chi connectivity index (χ4n) is 2.26. The summed E-state index contributed by atoms with van der Waals surface area (Å²) in [6, 6.07) is 0. The van der Waals surface area contributed by atoms with E-state index in [0.29, 0.717) is 24.4 Å². The van der Waals surface area contributed by atoms with Crippen LogP contribution in [0.5, 0.6) is 0 Å². The van der Waals surface area contributed by atoms with E-state index < -0.39 is 11.9 Å². The van der Waals surface area contributed by atoms with E-state index in [9.17, 15) is 9.59 Å². The molecule has 1 aromatic rings. The summed E-state index contributed by atoms with van der Waals surface area (Å²) in [6.45, 7) is 3.03. The van der Waals surface area contributed by atoms with Crippen LogP contribution >= 0.6 is 11.3 Å². The highest BCUT2D eigenvalue weighted by Crippen LogP contribution is 2.22. The summed E-state index contributed by atoms with van der Waals surface area (Å²) < 4.78 is 0. The first-order chi connectivity index (χ1) is 9.11. The van der Waals surface area contributed by atoms with E-state index in [1.807, 2.05) is 0 Å². The van der Waals surface area contributed by atoms with Crippen LogP contribution < -0.4 is 0 Å². The SMILES string of the molecule is CCCc1ncc(C(=O)N2CCCC(C(=O)O)C2)s1. The number of carboxylic acid groups (broad SMARTS) is 1. The van der Waals surface area contributed by atoms with Crippen molar-refractivity contribution < 1.29 is 14.7 Å². The van der Waals surface area contributed by atoms with Crippen LogP contribution in [0.25, 0.3) is 0 Å². The van der Waals surface area contributed by atoms with E-state index in [4.69, 9.17) is 5.11 Å². The van der Waals surface area contributed by atoms with Gasteiger partial charge >= 0.3 is 5.97 Å². The Kier molecular flexibility index (Phi) is 4.52. The van der Waals surface area contributed by atoms with E-state index in [1.165, 1.54) is 11.3 Å². The second-order valence-corrected chi connectivity index (χ2v) is 5.91. The zero-order valence-corrected chi connectivity index (χ0v) is 11.8. The van der Waals surface area contributed by atoms with Gasteiger partial charge in [-0.2, -0.15) is 0 Å². The summed E-state index contributed by atoms with van der Waals surface area (Å²) in [4.78, 5) is 29.8. The van der Waals surface area contributed by atoms with Gasteiger partial charge in [-0.1, -0.05) is 6.92 Å². The van der Waals surface area contributed by atoms with E-state index in [0.717, 1.165) is 24.3 Å². The van der Waals surface area contributed by atoms with Crippen LogP contribution in [-0.4, -0.2) is 40.0 Å². The predicted octanol–water partition coefficient (Wildman–Crippen LogP) is 2.03. The van der Waals surface area contributed by atoms with Crippen LogP contribution in [0.15, 0.2) is 6.20 Å². The number of hydrogen-bond acceptors (Lipinski definition) is 4. The molecule has 5 nitrogen and oxygen atoms in total. The number of piperidine rings is 1. The normalized spacial score (nSPS) is 19.4. The fraction of sp³-hybridized carbons (Fsp3) is 0.615. The Labute approximate surface area is 116 Å². The number of carbonyl (C=O) groups is 2. The van der Waals surface area contributed by atoms with E-state index in [-0.39, 0.29) is 5.91 Å². The largest absolute Gasteiger partial charge is 0.481 e. The summed E-state index contributed by atoms with van der Waals surface area (Å²) >= 11 is 1.42. The number of amides is 1. The van der Waals surface area contributed by atoms with Gasteiger partial charge in [-0.05, 0) is 25.7 Å². The maximum absolute atomic E-state index is 12.3. The molecule has 1 saturated heterocycles. The number of hydrogen-bond donors (Lipinski definition) is 1. The van der Waals surface area contributed by atoms with Crippen LogP contribution in [0, 0.1) is 5.92 Å². The highest BCUT2D eigenvalue weighted by molar-refractivity contribution is 7.13. The highest BCUT2D eigenvalue weighted by atomic mass is 32.1. The summed E-state index contributed by atoms with van der Waals surface area (Å²) in [6.07, 6.45) is 4.91. The molecule has 0 aromatic carbocycles. The number of aliphatic carboxylic acids is 1. The number of carboxylic acids is 1. The summed E-state index contributed by atoms with van der Waals surface area (Å²) in [5.41, 5.74) is 0. The van der Waals surface area contributed by atoms with Crippen molar-refractivity contribution in [1.29, 1.82) is 0 Å². The number of thiazole rings is 1. The molecule has 1 aromatic heterocycles. The van der Waals surface area contributed by atoms with Gasteiger partial charge in [0.05, 0.1) is 17.1 Å². The average molecular weight is 282 g/mol. The third-order valence-electron chi connectivity index (χ3n) is 3.29. The second kappa shape index (κ2) is 6.14. The molecule has 1 N–H and O–H groups in total. The van der Waals surface area contributed by atoms with Crippen molar-refractivity contribution in [2.45, 2.75) is 32.6 Å². The molecule has 1 atom stereocenters. The molecule has 1 fully saturated rings. The van der Waals surface area contributed by atoms with Crippen molar-refractivity contribution >= 4 is 23.2 Å². The minimum Gasteiger partial charge on any atom is -0.481 e. The molecule has 0 bridgehead atoms. The number of rotatable bonds is 4. The van der Waals surface area contributed by atoms with Gasteiger partial charge in [0.2, 0.25) is 0 Å². The molecule has 2 heterocycles. The smallest absolute Gasteiger partial charge is 0.308 e. The minimum absolute atomic E-state index is 0.0780. The molecule has 6 heteroatoms. The van der Waals surface area contributed by atoms with Crippen molar-refractivity contribution in [1.82, 2.24) is 9.88 Å². The van der Waals surface area contributed by atoms with E-state index in [2.05, 4.69) is 11.9 Å². The Bertz CT molecular complexity index is 472. The Morgan fingerprint density at radius 1 is 1.58 bits per heavy atom. The molecular formula is C13H18N2O3S. The maximum Gasteiger partial charge on any atom is 0.308 e. The van der Waals surface area contributed by atoms with Gasteiger partial charge in [-0.3, -0.25) is 9.59 Å². The van der Waals surface area contributed by atoms with Gasteiger partial charge in [0.1, 0.15) is 4.88 Å². The Hall–Kier alpha value is -1.43. The zero-order valence-electron chi connectivity index (χ0n) is 11.0. The lowest BCUT2D eigenvalue weighted by Gasteiger charge is -2.30. The first kappa shape index (κ1) is 14.0. The number of aromatic nitrogens is 1. The van der Waals surface area contributed by atoms with Crippen molar-refractivity contribution in [3.63, 3.8) is 0 Å². The second-order valence-electron chi connectivity index (χ2n) is 4.80. The molecule has 1 unspecified atom stereocenters. The number of aryl methyl sites for hydroxylation is 1. The minimum atomic E-state index is -0.812. The quantitative estimate of drug-likeness (QED) is 0.917. The average Bonchev–Trinajstić information content (AvgIpc) is 2.87. The monoisotopic (exact) mass is 282 g/mol. The third kappa shape index (κ3) is 3.32. The molecule has 0 spiro atoms. The van der Waals surface area contributed by atoms with Crippen molar-refractivity contribution in [2.75, 3.05) is 13.1 Å². The maximum atomic E-state index is 12.3. The van der Waals surface area contributed by atoms with Crippen LogP contribution in [0.2, 0.25) is 0 Å². The van der Waals surface area contributed by atoms with Crippen LogP contribution in [0.1, 0.15) is 40.9 Å². The molecule has 0 radical (unpaired) electrons. The summed E-state index contributed by atoms with van der Waals surface area (Å²) in [5.74, 6) is -1.32. The lowest BCUT2D eigenvalue weighted by Crippen LogP contribution is -2.42. The first-order valence-corrected chi connectivity index (χ1v) is 7.40. The van der Waals surface area contributed by atoms with Gasteiger partial charge in [-0.25, -0.2) is 4.98 Å². The molecule has 1 amide bonds. The molecule has 0 aliphatic carbocycles.